The summed E-state index contributed by atoms with van der Waals surface area (Å²) in [6, 6.07) is 12.1. The number of benzene rings is 1. The van der Waals surface area contributed by atoms with Crippen molar-refractivity contribution in [2.24, 2.45) is 5.92 Å². The van der Waals surface area contributed by atoms with Gasteiger partial charge < -0.3 is 10.2 Å². The summed E-state index contributed by atoms with van der Waals surface area (Å²) >= 11 is 0. The topological polar surface area (TPSA) is 77.5 Å². The van der Waals surface area contributed by atoms with Crippen LogP contribution in [-0.4, -0.2) is 28.8 Å². The summed E-state index contributed by atoms with van der Waals surface area (Å²) in [4.78, 5) is 18.0. The number of carbonyl (C=O) groups is 1. The van der Waals surface area contributed by atoms with Crippen molar-refractivity contribution in [2.75, 3.05) is 16.8 Å². The fourth-order valence-corrected chi connectivity index (χ4v) is 3.35. The lowest BCUT2D eigenvalue weighted by atomic mass is 10.1. The minimum atomic E-state index is -0.543. The molecule has 1 unspecified atom stereocenters. The molecule has 27 heavy (non-hydrogen) atoms. The molecule has 1 aromatic carbocycles. The van der Waals surface area contributed by atoms with Crippen LogP contribution in [0.15, 0.2) is 48.7 Å². The van der Waals surface area contributed by atoms with E-state index in [0.29, 0.717) is 5.92 Å². The van der Waals surface area contributed by atoms with E-state index in [0.717, 1.165) is 36.3 Å². The molecule has 3 N–H and O–H groups in total. The van der Waals surface area contributed by atoms with Gasteiger partial charge >= 0.3 is 0 Å². The third-order valence-corrected chi connectivity index (χ3v) is 4.60. The molecule has 1 aromatic heterocycles. The highest BCUT2D eigenvalue weighted by Crippen LogP contribution is 2.37. The number of nitrogens with zero attached hydrogens (tertiary/aromatic N) is 2. The van der Waals surface area contributed by atoms with Gasteiger partial charge in [-0.25, -0.2) is 5.48 Å². The molecule has 3 rings (SSSR count). The zero-order valence-corrected chi connectivity index (χ0v) is 15.7. The van der Waals surface area contributed by atoms with E-state index in [1.165, 1.54) is 11.8 Å². The Kier molecular flexibility index (Phi) is 6.08. The van der Waals surface area contributed by atoms with Gasteiger partial charge in [-0.1, -0.05) is 26.0 Å². The number of hydrogen-bond donors (Lipinski definition) is 3. The van der Waals surface area contributed by atoms with Crippen LogP contribution in [0.5, 0.6) is 0 Å². The van der Waals surface area contributed by atoms with Crippen molar-refractivity contribution in [2.45, 2.75) is 32.9 Å². The zero-order chi connectivity index (χ0) is 19.2. The van der Waals surface area contributed by atoms with Crippen molar-refractivity contribution in [1.29, 1.82) is 0 Å². The van der Waals surface area contributed by atoms with Crippen LogP contribution >= 0.6 is 0 Å². The third-order valence-electron chi connectivity index (χ3n) is 4.60. The highest BCUT2D eigenvalue weighted by molar-refractivity contribution is 5.91. The Labute approximate surface area is 159 Å². The maximum absolute atomic E-state index is 11.2. The molecule has 0 radical (unpaired) electrons. The van der Waals surface area contributed by atoms with Gasteiger partial charge in [-0.15, -0.1) is 0 Å². The molecule has 142 valence electrons. The maximum atomic E-state index is 11.2. The Morgan fingerprint density at radius 3 is 2.93 bits per heavy atom. The van der Waals surface area contributed by atoms with E-state index in [2.05, 4.69) is 41.2 Å². The summed E-state index contributed by atoms with van der Waals surface area (Å²) < 4.78 is 0. The van der Waals surface area contributed by atoms with Crippen molar-refractivity contribution in [3.8, 4) is 0 Å². The molecule has 0 saturated heterocycles. The molecule has 0 aliphatic carbocycles. The number of fused-ring (bicyclic) bond motifs is 1. The number of nitrogens with one attached hydrogen (secondary N) is 2. The minimum absolute atomic E-state index is 0.240. The van der Waals surface area contributed by atoms with E-state index in [1.807, 2.05) is 30.5 Å². The maximum Gasteiger partial charge on any atom is 0.267 e. The highest BCUT2D eigenvalue weighted by atomic mass is 16.5. The van der Waals surface area contributed by atoms with Gasteiger partial charge in [0, 0.05) is 30.9 Å². The van der Waals surface area contributed by atoms with Crippen LogP contribution in [0.4, 0.5) is 11.4 Å². The summed E-state index contributed by atoms with van der Waals surface area (Å²) in [6.45, 7) is 5.34. The van der Waals surface area contributed by atoms with Crippen LogP contribution in [0.25, 0.3) is 6.08 Å². The second-order valence-corrected chi connectivity index (χ2v) is 7.14. The lowest BCUT2D eigenvalue weighted by Gasteiger charge is -2.28. The lowest BCUT2D eigenvalue weighted by molar-refractivity contribution is -0.124. The Morgan fingerprint density at radius 2 is 2.22 bits per heavy atom. The molecule has 1 atom stereocenters. The molecule has 6 nitrogen and oxygen atoms in total. The summed E-state index contributed by atoms with van der Waals surface area (Å²) in [7, 11) is 0. The van der Waals surface area contributed by atoms with Gasteiger partial charge in [0.05, 0.1) is 17.5 Å². The van der Waals surface area contributed by atoms with Crippen LogP contribution in [0.2, 0.25) is 0 Å². The van der Waals surface area contributed by atoms with Crippen LogP contribution < -0.4 is 15.7 Å². The molecule has 0 spiro atoms. The van der Waals surface area contributed by atoms with E-state index in [1.54, 1.807) is 11.6 Å². The lowest BCUT2D eigenvalue weighted by Crippen LogP contribution is -2.38. The van der Waals surface area contributed by atoms with Crippen molar-refractivity contribution >= 4 is 23.4 Å². The normalized spacial score (nSPS) is 15.9. The molecule has 1 aliphatic heterocycles. The van der Waals surface area contributed by atoms with Crippen molar-refractivity contribution in [3.05, 3.63) is 59.9 Å². The van der Waals surface area contributed by atoms with Gasteiger partial charge in [0.1, 0.15) is 0 Å². The summed E-state index contributed by atoms with van der Waals surface area (Å²) in [5.41, 5.74) is 5.82. The van der Waals surface area contributed by atoms with Gasteiger partial charge in [0.15, 0.2) is 0 Å². The van der Waals surface area contributed by atoms with Crippen LogP contribution in [0, 0.1) is 5.92 Å². The van der Waals surface area contributed by atoms with Crippen molar-refractivity contribution < 1.29 is 10.0 Å². The van der Waals surface area contributed by atoms with E-state index >= 15 is 0 Å². The standard InChI is InChI=1S/C21H26N4O2/c1-15(2)13-20-23-18-14-16(7-9-21(26)24-27)6-8-19(18)25(20)12-10-17-5-3-4-11-22-17/h3-9,11,14-15,20,23,27H,10,12-13H2,1-2H3,(H,24,26)/b9-7+. The Morgan fingerprint density at radius 1 is 1.37 bits per heavy atom. The second-order valence-electron chi connectivity index (χ2n) is 7.14. The SMILES string of the molecule is CC(C)CC1Nc2cc(/C=C/C(=O)NO)ccc2N1CCc1ccccn1. The Balaban J connectivity index is 1.79. The first-order valence-electron chi connectivity index (χ1n) is 9.26. The monoisotopic (exact) mass is 366 g/mol. The van der Waals surface area contributed by atoms with Gasteiger partial charge in [-0.2, -0.15) is 0 Å². The largest absolute Gasteiger partial charge is 0.363 e. The van der Waals surface area contributed by atoms with Crippen molar-refractivity contribution in [1.82, 2.24) is 10.5 Å². The van der Waals surface area contributed by atoms with Gasteiger partial charge in [-0.3, -0.25) is 15.0 Å². The van der Waals surface area contributed by atoms with Gasteiger partial charge in [-0.05, 0) is 48.2 Å². The first kappa shape index (κ1) is 18.9. The molecular formula is C21H26N4O2. The summed E-state index contributed by atoms with van der Waals surface area (Å²) in [5.74, 6) is 0.0277. The first-order chi connectivity index (χ1) is 13.1. The average molecular weight is 366 g/mol. The fraction of sp³-hybridized carbons (Fsp3) is 0.333. The quantitative estimate of drug-likeness (QED) is 0.397. The molecule has 1 amide bonds. The first-order valence-corrected chi connectivity index (χ1v) is 9.26. The predicted molar refractivity (Wildman–Crippen MR) is 108 cm³/mol. The number of hydroxylamine groups is 1. The molecule has 2 aromatic rings. The Hall–Kier alpha value is -2.86. The molecule has 0 saturated carbocycles. The van der Waals surface area contributed by atoms with Crippen LogP contribution in [-0.2, 0) is 11.2 Å². The van der Waals surface area contributed by atoms with E-state index in [4.69, 9.17) is 5.21 Å². The number of rotatable bonds is 7. The van der Waals surface area contributed by atoms with Crippen molar-refractivity contribution in [3.63, 3.8) is 0 Å². The van der Waals surface area contributed by atoms with E-state index in [-0.39, 0.29) is 6.17 Å². The minimum Gasteiger partial charge on any atom is -0.363 e. The zero-order valence-electron chi connectivity index (χ0n) is 15.7. The number of amides is 1. The van der Waals surface area contributed by atoms with E-state index < -0.39 is 5.91 Å². The smallest absolute Gasteiger partial charge is 0.267 e. The molecule has 1 aliphatic rings. The van der Waals surface area contributed by atoms with Gasteiger partial charge in [0.2, 0.25) is 0 Å². The predicted octanol–water partition coefficient (Wildman–Crippen LogP) is 3.45. The number of carbonyl (C=O) groups excluding carboxylic acids is 1. The van der Waals surface area contributed by atoms with E-state index in [9.17, 15) is 4.79 Å². The third kappa shape index (κ3) is 4.86. The average Bonchev–Trinajstić information content (AvgIpc) is 3.00. The molecule has 0 bridgehead atoms. The highest BCUT2D eigenvalue weighted by Gasteiger charge is 2.28. The van der Waals surface area contributed by atoms with Crippen LogP contribution in [0.3, 0.4) is 0 Å². The molecular weight excluding hydrogens is 340 g/mol. The van der Waals surface area contributed by atoms with Gasteiger partial charge in [0.25, 0.3) is 5.91 Å². The number of aromatic nitrogens is 1. The second kappa shape index (κ2) is 8.68. The fourth-order valence-electron chi connectivity index (χ4n) is 3.35. The number of hydrogen-bond acceptors (Lipinski definition) is 5. The summed E-state index contributed by atoms with van der Waals surface area (Å²) in [5, 5.41) is 12.2. The van der Waals surface area contributed by atoms with Crippen LogP contribution in [0.1, 0.15) is 31.5 Å². The Bertz CT molecular complexity index is 805. The molecule has 0 fully saturated rings. The molecule has 6 heteroatoms. The number of anilines is 2. The molecule has 2 heterocycles. The summed E-state index contributed by atoms with van der Waals surface area (Å²) in [6.07, 6.45) is 6.98. The number of pyridine rings is 1.